The van der Waals surface area contributed by atoms with Crippen LogP contribution in [0.2, 0.25) is 20.1 Å². The second-order valence-corrected chi connectivity index (χ2v) is 11.5. The van der Waals surface area contributed by atoms with Crippen LogP contribution in [0.3, 0.4) is 0 Å². The third-order valence-corrected chi connectivity index (χ3v) is 8.18. The molecule has 0 aromatic heterocycles. The topological polar surface area (TPSA) is 87.3 Å². The molecule has 3 amide bonds. The van der Waals surface area contributed by atoms with Crippen molar-refractivity contribution in [1.82, 2.24) is 0 Å². The smallest absolute Gasteiger partial charge is 0.257 e. The largest absolute Gasteiger partial charge is 0.326 e. The Morgan fingerprint density at radius 3 is 2.03 bits per heavy atom. The number of alkyl halides is 2. The fourth-order valence-electron chi connectivity index (χ4n) is 3.91. The van der Waals surface area contributed by atoms with E-state index in [4.69, 9.17) is 69.6 Å². The molecule has 0 bridgehead atoms. The standard InChI is InChI=1S/C25H16Cl6FN3O3/c1-10(36)33-13-3-5-19(18(32)9-13)35-23(37)14-8-12(2-4-15(14)26)34-24(38)21-20(25(21,30)31)11-6-16(27)22(29)17(28)7-11/h2-9,20-21H,1H3,(H,33,36)(H,34,38)(H,35,37)/t20-,21+/m1/s1. The zero-order chi connectivity index (χ0) is 27.9. The zero-order valence-corrected chi connectivity index (χ0v) is 23.7. The van der Waals surface area contributed by atoms with E-state index < -0.39 is 33.8 Å². The molecule has 0 spiro atoms. The number of anilines is 3. The van der Waals surface area contributed by atoms with Crippen LogP contribution in [0.15, 0.2) is 48.5 Å². The van der Waals surface area contributed by atoms with Crippen molar-refractivity contribution in [2.24, 2.45) is 5.92 Å². The Hall–Kier alpha value is -2.26. The lowest BCUT2D eigenvalue weighted by Gasteiger charge is -2.11. The molecule has 0 aliphatic heterocycles. The Bertz CT molecular complexity index is 1460. The molecule has 1 aliphatic rings. The number of carbonyl (C=O) groups is 3. The molecule has 1 saturated carbocycles. The van der Waals surface area contributed by atoms with Gasteiger partial charge in [-0.1, -0.05) is 46.4 Å². The Morgan fingerprint density at radius 1 is 0.816 bits per heavy atom. The summed E-state index contributed by atoms with van der Waals surface area (Å²) in [7, 11) is 0. The van der Waals surface area contributed by atoms with Gasteiger partial charge in [0.1, 0.15) is 10.2 Å². The summed E-state index contributed by atoms with van der Waals surface area (Å²) < 4.78 is 13.0. The monoisotopic (exact) mass is 635 g/mol. The summed E-state index contributed by atoms with van der Waals surface area (Å²) in [6.07, 6.45) is 0. The van der Waals surface area contributed by atoms with E-state index in [0.717, 1.165) is 6.07 Å². The summed E-state index contributed by atoms with van der Waals surface area (Å²) in [6, 6.07) is 11.1. The molecule has 0 heterocycles. The number of benzene rings is 3. The van der Waals surface area contributed by atoms with Gasteiger partial charge in [-0.3, -0.25) is 14.4 Å². The van der Waals surface area contributed by atoms with Crippen molar-refractivity contribution in [3.63, 3.8) is 0 Å². The van der Waals surface area contributed by atoms with E-state index in [1.165, 1.54) is 37.3 Å². The van der Waals surface area contributed by atoms with Crippen LogP contribution in [-0.2, 0) is 9.59 Å². The van der Waals surface area contributed by atoms with Gasteiger partial charge >= 0.3 is 0 Å². The lowest BCUT2D eigenvalue weighted by molar-refractivity contribution is -0.117. The molecule has 3 aromatic rings. The first kappa shape index (κ1) is 28.7. The van der Waals surface area contributed by atoms with E-state index in [0.29, 0.717) is 5.56 Å². The Labute approximate surface area is 246 Å². The van der Waals surface area contributed by atoms with Crippen LogP contribution in [0.1, 0.15) is 28.8 Å². The summed E-state index contributed by atoms with van der Waals surface area (Å²) in [4.78, 5) is 37.0. The van der Waals surface area contributed by atoms with Gasteiger partial charge in [-0.15, -0.1) is 23.2 Å². The lowest BCUT2D eigenvalue weighted by atomic mass is 10.1. The highest BCUT2D eigenvalue weighted by Gasteiger charge is 2.67. The van der Waals surface area contributed by atoms with Crippen LogP contribution >= 0.6 is 69.6 Å². The highest BCUT2D eigenvalue weighted by atomic mass is 35.5. The van der Waals surface area contributed by atoms with Crippen LogP contribution in [-0.4, -0.2) is 22.1 Å². The molecule has 13 heteroatoms. The van der Waals surface area contributed by atoms with Gasteiger partial charge in [-0.25, -0.2) is 4.39 Å². The molecule has 0 radical (unpaired) electrons. The van der Waals surface area contributed by atoms with E-state index in [1.54, 1.807) is 12.1 Å². The molecular weight excluding hydrogens is 622 g/mol. The second-order valence-electron chi connectivity index (χ2n) is 8.44. The van der Waals surface area contributed by atoms with Crippen molar-refractivity contribution in [1.29, 1.82) is 0 Å². The summed E-state index contributed by atoms with van der Waals surface area (Å²) in [5.41, 5.74) is 0.836. The average molecular weight is 638 g/mol. The molecule has 3 aromatic carbocycles. The highest BCUT2D eigenvalue weighted by molar-refractivity contribution is 6.54. The maximum atomic E-state index is 14.4. The first-order chi connectivity index (χ1) is 17.8. The first-order valence-corrected chi connectivity index (χ1v) is 13.1. The molecule has 198 valence electrons. The average Bonchev–Trinajstić information content (AvgIpc) is 3.41. The fraction of sp³-hybridized carbons (Fsp3) is 0.160. The van der Waals surface area contributed by atoms with Gasteiger partial charge in [-0.05, 0) is 54.1 Å². The third kappa shape index (κ3) is 5.98. The van der Waals surface area contributed by atoms with E-state index in [1.807, 2.05) is 0 Å². The molecule has 2 atom stereocenters. The highest BCUT2D eigenvalue weighted by Crippen LogP contribution is 2.65. The molecule has 4 rings (SSSR count). The van der Waals surface area contributed by atoms with E-state index in [-0.39, 0.29) is 48.6 Å². The summed E-state index contributed by atoms with van der Waals surface area (Å²) in [5, 5.41) is 8.15. The predicted octanol–water partition coefficient (Wildman–Crippen LogP) is 8.18. The van der Waals surface area contributed by atoms with Crippen LogP contribution in [0.25, 0.3) is 0 Å². The van der Waals surface area contributed by atoms with Crippen molar-refractivity contribution < 1.29 is 18.8 Å². The van der Waals surface area contributed by atoms with Crippen LogP contribution in [0.4, 0.5) is 21.5 Å². The summed E-state index contributed by atoms with van der Waals surface area (Å²) >= 11 is 37.2. The normalized spacial score (nSPS) is 17.5. The number of rotatable bonds is 6. The van der Waals surface area contributed by atoms with Gasteiger partial charge in [0, 0.05) is 24.2 Å². The Kier molecular flexibility index (Phi) is 8.38. The molecule has 1 fully saturated rings. The first-order valence-electron chi connectivity index (χ1n) is 10.8. The van der Waals surface area contributed by atoms with Crippen molar-refractivity contribution in [3.8, 4) is 0 Å². The minimum atomic E-state index is -1.43. The number of hydrogen-bond donors (Lipinski definition) is 3. The molecule has 3 N–H and O–H groups in total. The summed E-state index contributed by atoms with van der Waals surface area (Å²) in [5.74, 6) is -3.86. The predicted molar refractivity (Wildman–Crippen MR) is 151 cm³/mol. The zero-order valence-electron chi connectivity index (χ0n) is 19.1. The number of amides is 3. The third-order valence-electron chi connectivity index (χ3n) is 5.72. The van der Waals surface area contributed by atoms with Gasteiger partial charge < -0.3 is 16.0 Å². The Morgan fingerprint density at radius 2 is 1.42 bits per heavy atom. The maximum Gasteiger partial charge on any atom is 0.257 e. The lowest BCUT2D eigenvalue weighted by Crippen LogP contribution is -2.18. The number of halogens is 7. The number of nitrogens with one attached hydrogen (secondary N) is 3. The van der Waals surface area contributed by atoms with E-state index in [2.05, 4.69) is 16.0 Å². The van der Waals surface area contributed by atoms with Crippen molar-refractivity contribution >= 4 is 104 Å². The summed E-state index contributed by atoms with van der Waals surface area (Å²) in [6.45, 7) is 1.29. The fourth-order valence-corrected chi connectivity index (χ4v) is 5.55. The van der Waals surface area contributed by atoms with Gasteiger partial charge in [0.2, 0.25) is 11.8 Å². The second kappa shape index (κ2) is 11.1. The van der Waals surface area contributed by atoms with Gasteiger partial charge in [0.15, 0.2) is 0 Å². The maximum absolute atomic E-state index is 14.4. The van der Waals surface area contributed by atoms with E-state index in [9.17, 15) is 18.8 Å². The molecule has 1 aliphatic carbocycles. The van der Waals surface area contributed by atoms with Gasteiger partial charge in [0.05, 0.1) is 37.3 Å². The van der Waals surface area contributed by atoms with Gasteiger partial charge in [0.25, 0.3) is 5.91 Å². The molecule has 6 nitrogen and oxygen atoms in total. The molecule has 38 heavy (non-hydrogen) atoms. The van der Waals surface area contributed by atoms with Crippen molar-refractivity contribution in [3.05, 3.63) is 85.6 Å². The van der Waals surface area contributed by atoms with Crippen LogP contribution in [0, 0.1) is 11.7 Å². The SMILES string of the molecule is CC(=O)Nc1ccc(NC(=O)c2cc(NC(=O)[C@@H]3[C@@H](c4cc(Cl)c(Cl)c(Cl)c4)C3(Cl)Cl)ccc2Cl)c(F)c1. The van der Waals surface area contributed by atoms with Crippen LogP contribution < -0.4 is 16.0 Å². The molecular formula is C25H16Cl6FN3O3. The van der Waals surface area contributed by atoms with Crippen molar-refractivity contribution in [2.45, 2.75) is 17.2 Å². The number of carbonyl (C=O) groups excluding carboxylic acids is 3. The minimum absolute atomic E-state index is 0.0265. The van der Waals surface area contributed by atoms with Gasteiger partial charge in [-0.2, -0.15) is 0 Å². The minimum Gasteiger partial charge on any atom is -0.326 e. The molecule has 0 unspecified atom stereocenters. The van der Waals surface area contributed by atoms with Crippen molar-refractivity contribution in [2.75, 3.05) is 16.0 Å². The Balaban J connectivity index is 1.50. The van der Waals surface area contributed by atoms with Crippen LogP contribution in [0.5, 0.6) is 0 Å². The van der Waals surface area contributed by atoms with E-state index >= 15 is 0 Å². The number of hydrogen-bond acceptors (Lipinski definition) is 3. The molecule has 0 saturated heterocycles. The quantitative estimate of drug-likeness (QED) is 0.188.